The van der Waals surface area contributed by atoms with Crippen LogP contribution in [0.2, 0.25) is 0 Å². The number of hydrogen-bond acceptors (Lipinski definition) is 3. The number of carbonyl (C=O) groups is 1. The molecule has 0 unspecified atom stereocenters. The third-order valence-electron chi connectivity index (χ3n) is 3.01. The molecule has 0 aromatic heterocycles. The summed E-state index contributed by atoms with van der Waals surface area (Å²) in [5.74, 6) is -0.746. The Hall–Kier alpha value is -0.610. The maximum absolute atomic E-state index is 11.0. The number of likely N-dealkylation sites (N-methyl/N-ethyl adjacent to an activating group) is 1. The Bertz CT molecular complexity index is 185. The first-order valence-electron chi connectivity index (χ1n) is 4.60. The average molecular weight is 187 g/mol. The topological polar surface area (TPSA) is 58.6 Å². The van der Waals surface area contributed by atoms with E-state index in [1.165, 1.54) is 0 Å². The van der Waals surface area contributed by atoms with E-state index in [0.29, 0.717) is 12.8 Å². The van der Waals surface area contributed by atoms with Crippen molar-refractivity contribution < 1.29 is 14.6 Å². The van der Waals surface area contributed by atoms with Gasteiger partial charge in [0.25, 0.3) is 0 Å². The highest BCUT2D eigenvalue weighted by Gasteiger charge is 2.40. The molecule has 1 aliphatic carbocycles. The summed E-state index contributed by atoms with van der Waals surface area (Å²) in [5, 5.41) is 12.0. The Kier molecular flexibility index (Phi) is 3.27. The van der Waals surface area contributed by atoms with Crippen LogP contribution < -0.4 is 5.32 Å². The molecule has 1 aliphatic rings. The van der Waals surface area contributed by atoms with E-state index in [4.69, 9.17) is 9.84 Å². The molecule has 0 aromatic rings. The third kappa shape index (κ3) is 2.00. The molecule has 0 aliphatic heterocycles. The molecule has 0 aromatic carbocycles. The minimum absolute atomic E-state index is 0.237. The van der Waals surface area contributed by atoms with Crippen molar-refractivity contribution in [2.24, 2.45) is 0 Å². The van der Waals surface area contributed by atoms with Crippen LogP contribution in [0.25, 0.3) is 0 Å². The normalized spacial score (nSPS) is 34.5. The first-order valence-corrected chi connectivity index (χ1v) is 4.60. The van der Waals surface area contributed by atoms with Crippen LogP contribution in [0.3, 0.4) is 0 Å². The van der Waals surface area contributed by atoms with Gasteiger partial charge in [-0.05, 0) is 32.7 Å². The van der Waals surface area contributed by atoms with Gasteiger partial charge in [-0.15, -0.1) is 0 Å². The van der Waals surface area contributed by atoms with E-state index in [0.717, 1.165) is 12.8 Å². The van der Waals surface area contributed by atoms with E-state index in [1.54, 1.807) is 14.2 Å². The van der Waals surface area contributed by atoms with Gasteiger partial charge in [-0.3, -0.25) is 4.79 Å². The molecule has 13 heavy (non-hydrogen) atoms. The van der Waals surface area contributed by atoms with Gasteiger partial charge in [0, 0.05) is 7.11 Å². The molecule has 4 nitrogen and oxygen atoms in total. The Balaban J connectivity index is 2.58. The van der Waals surface area contributed by atoms with Gasteiger partial charge in [0.05, 0.1) is 6.10 Å². The van der Waals surface area contributed by atoms with Crippen LogP contribution in [0.4, 0.5) is 0 Å². The second-order valence-corrected chi connectivity index (χ2v) is 3.57. The lowest BCUT2D eigenvalue weighted by atomic mass is 9.80. The minimum atomic E-state index is -0.746. The summed E-state index contributed by atoms with van der Waals surface area (Å²) in [6, 6.07) is 0. The van der Waals surface area contributed by atoms with Crippen molar-refractivity contribution in [3.05, 3.63) is 0 Å². The van der Waals surface area contributed by atoms with Gasteiger partial charge in [0.2, 0.25) is 0 Å². The van der Waals surface area contributed by atoms with Crippen LogP contribution in [-0.4, -0.2) is 36.9 Å². The van der Waals surface area contributed by atoms with E-state index in [-0.39, 0.29) is 6.10 Å². The zero-order valence-electron chi connectivity index (χ0n) is 8.17. The van der Waals surface area contributed by atoms with Crippen LogP contribution >= 0.6 is 0 Å². The summed E-state index contributed by atoms with van der Waals surface area (Å²) in [7, 11) is 3.39. The number of aliphatic carboxylic acids is 1. The van der Waals surface area contributed by atoms with E-state index < -0.39 is 11.5 Å². The smallest absolute Gasteiger partial charge is 0.323 e. The van der Waals surface area contributed by atoms with Gasteiger partial charge in [0.15, 0.2) is 0 Å². The van der Waals surface area contributed by atoms with E-state index in [2.05, 4.69) is 5.32 Å². The Morgan fingerprint density at radius 2 is 2.08 bits per heavy atom. The summed E-state index contributed by atoms with van der Waals surface area (Å²) in [4.78, 5) is 11.0. The molecule has 0 radical (unpaired) electrons. The number of methoxy groups -OCH3 is 1. The summed E-state index contributed by atoms with van der Waals surface area (Å²) >= 11 is 0. The first kappa shape index (κ1) is 10.5. The summed E-state index contributed by atoms with van der Waals surface area (Å²) < 4.78 is 5.19. The number of ether oxygens (including phenoxy) is 1. The second kappa shape index (κ2) is 4.07. The van der Waals surface area contributed by atoms with Crippen molar-refractivity contribution >= 4 is 5.97 Å². The zero-order valence-corrected chi connectivity index (χ0v) is 8.17. The molecular formula is C9H17NO3. The largest absolute Gasteiger partial charge is 0.480 e. The highest BCUT2D eigenvalue weighted by molar-refractivity contribution is 5.78. The predicted octanol–water partition coefficient (Wildman–Crippen LogP) is 0.618. The van der Waals surface area contributed by atoms with Gasteiger partial charge in [-0.25, -0.2) is 0 Å². The lowest BCUT2D eigenvalue weighted by molar-refractivity contribution is -0.147. The number of carboxylic acid groups (broad SMARTS) is 1. The van der Waals surface area contributed by atoms with Crippen molar-refractivity contribution in [1.82, 2.24) is 5.32 Å². The Morgan fingerprint density at radius 1 is 1.54 bits per heavy atom. The zero-order chi connectivity index (χ0) is 9.90. The minimum Gasteiger partial charge on any atom is -0.480 e. The first-order chi connectivity index (χ1) is 6.14. The van der Waals surface area contributed by atoms with Crippen LogP contribution in [0, 0.1) is 0 Å². The van der Waals surface area contributed by atoms with Crippen LogP contribution in [0.15, 0.2) is 0 Å². The quantitative estimate of drug-likeness (QED) is 0.680. The molecule has 0 saturated heterocycles. The lowest BCUT2D eigenvalue weighted by Gasteiger charge is -2.35. The Labute approximate surface area is 78.3 Å². The fourth-order valence-electron chi connectivity index (χ4n) is 1.89. The molecule has 1 fully saturated rings. The average Bonchev–Trinajstić information content (AvgIpc) is 2.17. The van der Waals surface area contributed by atoms with Gasteiger partial charge in [0.1, 0.15) is 5.54 Å². The molecule has 1 saturated carbocycles. The van der Waals surface area contributed by atoms with Crippen molar-refractivity contribution in [3.8, 4) is 0 Å². The van der Waals surface area contributed by atoms with E-state index >= 15 is 0 Å². The predicted molar refractivity (Wildman–Crippen MR) is 48.7 cm³/mol. The third-order valence-corrected chi connectivity index (χ3v) is 3.01. The Morgan fingerprint density at radius 3 is 2.38 bits per heavy atom. The van der Waals surface area contributed by atoms with Gasteiger partial charge >= 0.3 is 5.97 Å². The number of nitrogens with one attached hydrogen (secondary N) is 1. The second-order valence-electron chi connectivity index (χ2n) is 3.57. The number of carboxylic acids is 1. The molecule has 0 heterocycles. The molecule has 76 valence electrons. The number of hydrogen-bond donors (Lipinski definition) is 2. The maximum atomic E-state index is 11.0. The summed E-state index contributed by atoms with van der Waals surface area (Å²) in [5.41, 5.74) is -0.713. The lowest BCUT2D eigenvalue weighted by Crippen LogP contribution is -2.53. The van der Waals surface area contributed by atoms with Crippen LogP contribution in [-0.2, 0) is 9.53 Å². The fourth-order valence-corrected chi connectivity index (χ4v) is 1.89. The van der Waals surface area contributed by atoms with E-state index in [1.807, 2.05) is 0 Å². The molecular weight excluding hydrogens is 170 g/mol. The molecule has 0 bridgehead atoms. The van der Waals surface area contributed by atoms with Crippen LogP contribution in [0.5, 0.6) is 0 Å². The van der Waals surface area contributed by atoms with Crippen molar-refractivity contribution in [3.63, 3.8) is 0 Å². The molecule has 4 heteroatoms. The highest BCUT2D eigenvalue weighted by atomic mass is 16.5. The monoisotopic (exact) mass is 187 g/mol. The molecule has 0 atom stereocenters. The standard InChI is InChI=1S/C9H17NO3/c1-10-9(8(11)12)5-3-7(13-2)4-6-9/h7,10H,3-6H2,1-2H3,(H,11,12). The molecule has 2 N–H and O–H groups in total. The van der Waals surface area contributed by atoms with Crippen LogP contribution in [0.1, 0.15) is 25.7 Å². The van der Waals surface area contributed by atoms with Gasteiger partial charge in [-0.2, -0.15) is 0 Å². The SMILES string of the molecule is CNC1(C(=O)O)CCC(OC)CC1. The fraction of sp³-hybridized carbons (Fsp3) is 0.889. The molecule has 0 spiro atoms. The number of rotatable bonds is 3. The summed E-state index contributed by atoms with van der Waals surface area (Å²) in [6.07, 6.45) is 3.18. The molecule has 0 amide bonds. The maximum Gasteiger partial charge on any atom is 0.323 e. The molecule has 1 rings (SSSR count). The van der Waals surface area contributed by atoms with Crippen molar-refractivity contribution in [2.45, 2.75) is 37.3 Å². The highest BCUT2D eigenvalue weighted by Crippen LogP contribution is 2.29. The summed E-state index contributed by atoms with van der Waals surface area (Å²) in [6.45, 7) is 0. The van der Waals surface area contributed by atoms with Gasteiger partial charge < -0.3 is 15.2 Å². The van der Waals surface area contributed by atoms with Crippen molar-refractivity contribution in [2.75, 3.05) is 14.2 Å². The van der Waals surface area contributed by atoms with E-state index in [9.17, 15) is 4.79 Å². The van der Waals surface area contributed by atoms with Crippen molar-refractivity contribution in [1.29, 1.82) is 0 Å². The van der Waals surface area contributed by atoms with Gasteiger partial charge in [-0.1, -0.05) is 0 Å².